The zero-order chi connectivity index (χ0) is 13.9. The molecule has 0 bridgehead atoms. The molecule has 1 aliphatic rings. The van der Waals surface area contributed by atoms with Gasteiger partial charge in [0.2, 0.25) is 5.78 Å². The van der Waals surface area contributed by atoms with Crippen LogP contribution in [0, 0.1) is 0 Å². The van der Waals surface area contributed by atoms with Crippen molar-refractivity contribution >= 4 is 11.8 Å². The fourth-order valence-electron chi connectivity index (χ4n) is 1.74. The lowest BCUT2D eigenvalue weighted by Crippen LogP contribution is -2.61. The topological polar surface area (TPSA) is 93.5 Å². The maximum Gasteiger partial charge on any atom is 0.320 e. The Balaban J connectivity index is 2.02. The Morgan fingerprint density at radius 3 is 2.68 bits per heavy atom. The van der Waals surface area contributed by atoms with Gasteiger partial charge in [0.05, 0.1) is 5.57 Å². The molecule has 4 N–H and O–H groups in total. The van der Waals surface area contributed by atoms with E-state index in [0.717, 1.165) is 0 Å². The van der Waals surface area contributed by atoms with E-state index in [1.165, 1.54) is 6.20 Å². The number of hydrogen-bond acceptors (Lipinski definition) is 4. The molecule has 19 heavy (non-hydrogen) atoms. The highest BCUT2D eigenvalue weighted by Crippen LogP contribution is 2.15. The number of amides is 2. The van der Waals surface area contributed by atoms with Crippen molar-refractivity contribution < 1.29 is 14.3 Å². The first-order valence-electron chi connectivity index (χ1n) is 5.78. The predicted octanol–water partition coefficient (Wildman–Crippen LogP) is 0.506. The van der Waals surface area contributed by atoms with Gasteiger partial charge in [0.15, 0.2) is 6.61 Å². The third-order valence-electron chi connectivity index (χ3n) is 2.69. The summed E-state index contributed by atoms with van der Waals surface area (Å²) in [6.07, 6.45) is 1.32. The summed E-state index contributed by atoms with van der Waals surface area (Å²) in [7, 11) is 0. The SMILES string of the molecule is CC1(N)NC(=O)NC=C1C(=O)COc1ccccc1. The van der Waals surface area contributed by atoms with Gasteiger partial charge in [0.1, 0.15) is 11.4 Å². The molecule has 1 aromatic carbocycles. The van der Waals surface area contributed by atoms with E-state index in [-0.39, 0.29) is 18.0 Å². The average molecular weight is 261 g/mol. The second-order valence-corrected chi connectivity index (χ2v) is 4.38. The van der Waals surface area contributed by atoms with E-state index in [9.17, 15) is 9.59 Å². The minimum Gasteiger partial charge on any atom is -0.485 e. The molecule has 0 aliphatic carbocycles. The standard InChI is InChI=1S/C13H15N3O3/c1-13(14)10(7-15-12(18)16-13)11(17)8-19-9-5-3-2-4-6-9/h2-7H,8,14H2,1H3,(H2,15,16,18). The van der Waals surface area contributed by atoms with E-state index in [2.05, 4.69) is 10.6 Å². The summed E-state index contributed by atoms with van der Waals surface area (Å²) in [5, 5.41) is 4.87. The number of nitrogens with two attached hydrogens (primary N) is 1. The van der Waals surface area contributed by atoms with Gasteiger partial charge in [0.25, 0.3) is 0 Å². The van der Waals surface area contributed by atoms with E-state index in [0.29, 0.717) is 5.75 Å². The van der Waals surface area contributed by atoms with E-state index in [1.54, 1.807) is 19.1 Å². The van der Waals surface area contributed by atoms with Crippen molar-refractivity contribution in [3.05, 3.63) is 42.1 Å². The Hall–Kier alpha value is -2.34. The first-order chi connectivity index (χ1) is 8.99. The Morgan fingerprint density at radius 2 is 2.05 bits per heavy atom. The number of ketones is 1. The number of para-hydroxylation sites is 1. The number of nitrogens with one attached hydrogen (secondary N) is 2. The van der Waals surface area contributed by atoms with Crippen LogP contribution in [0.25, 0.3) is 0 Å². The number of hydrogen-bond donors (Lipinski definition) is 3. The first kappa shape index (κ1) is 13.1. The van der Waals surface area contributed by atoms with Gasteiger partial charge in [-0.15, -0.1) is 0 Å². The summed E-state index contributed by atoms with van der Waals surface area (Å²) in [5.74, 6) is 0.310. The Bertz CT molecular complexity index is 523. The van der Waals surface area contributed by atoms with Crippen LogP contribution in [-0.2, 0) is 4.79 Å². The lowest BCUT2D eigenvalue weighted by atomic mass is 9.98. The Kier molecular flexibility index (Phi) is 3.52. The lowest BCUT2D eigenvalue weighted by Gasteiger charge is -2.31. The smallest absolute Gasteiger partial charge is 0.320 e. The van der Waals surface area contributed by atoms with Crippen LogP contribution in [0.5, 0.6) is 5.75 Å². The molecule has 6 heteroatoms. The molecule has 100 valence electrons. The van der Waals surface area contributed by atoms with Crippen LogP contribution in [0.4, 0.5) is 4.79 Å². The zero-order valence-corrected chi connectivity index (χ0v) is 10.5. The molecule has 0 radical (unpaired) electrons. The third-order valence-corrected chi connectivity index (χ3v) is 2.69. The Labute approximate surface area is 110 Å². The van der Waals surface area contributed by atoms with Gasteiger partial charge in [0, 0.05) is 6.20 Å². The highest BCUT2D eigenvalue weighted by Gasteiger charge is 2.34. The van der Waals surface area contributed by atoms with Crippen molar-refractivity contribution in [2.24, 2.45) is 5.73 Å². The van der Waals surface area contributed by atoms with Crippen molar-refractivity contribution in [2.45, 2.75) is 12.6 Å². The number of rotatable bonds is 4. The second-order valence-electron chi connectivity index (χ2n) is 4.38. The monoisotopic (exact) mass is 261 g/mol. The van der Waals surface area contributed by atoms with Crippen molar-refractivity contribution in [1.82, 2.24) is 10.6 Å². The third kappa shape index (κ3) is 3.11. The largest absolute Gasteiger partial charge is 0.485 e. The van der Waals surface area contributed by atoms with Crippen molar-refractivity contribution in [3.63, 3.8) is 0 Å². The lowest BCUT2D eigenvalue weighted by molar-refractivity contribution is -0.118. The maximum absolute atomic E-state index is 12.0. The molecule has 2 amide bonds. The molecule has 1 atom stereocenters. The minimum atomic E-state index is -1.19. The first-order valence-corrected chi connectivity index (χ1v) is 5.78. The molecule has 0 aromatic heterocycles. The van der Waals surface area contributed by atoms with Crippen LogP contribution in [0.2, 0.25) is 0 Å². The maximum atomic E-state index is 12.0. The molecular formula is C13H15N3O3. The van der Waals surface area contributed by atoms with Crippen LogP contribution < -0.4 is 21.1 Å². The van der Waals surface area contributed by atoms with Crippen molar-refractivity contribution in [1.29, 1.82) is 0 Å². The number of carbonyl (C=O) groups is 2. The Morgan fingerprint density at radius 1 is 1.37 bits per heavy atom. The van der Waals surface area contributed by atoms with Crippen LogP contribution >= 0.6 is 0 Å². The minimum absolute atomic E-state index is 0.139. The second kappa shape index (κ2) is 5.11. The van der Waals surface area contributed by atoms with Crippen molar-refractivity contribution in [3.8, 4) is 5.75 Å². The summed E-state index contributed by atoms with van der Waals surface area (Å²) in [6.45, 7) is 1.41. The summed E-state index contributed by atoms with van der Waals surface area (Å²) < 4.78 is 5.35. The molecule has 1 aliphatic heterocycles. The fraction of sp³-hybridized carbons (Fsp3) is 0.231. The quantitative estimate of drug-likeness (QED) is 0.736. The molecule has 6 nitrogen and oxygen atoms in total. The molecule has 1 heterocycles. The van der Waals surface area contributed by atoms with Gasteiger partial charge >= 0.3 is 6.03 Å². The van der Waals surface area contributed by atoms with Gasteiger partial charge in [-0.1, -0.05) is 18.2 Å². The molecule has 1 aromatic rings. The van der Waals surface area contributed by atoms with Gasteiger partial charge in [-0.3, -0.25) is 4.79 Å². The van der Waals surface area contributed by atoms with Crippen LogP contribution in [-0.4, -0.2) is 24.1 Å². The van der Waals surface area contributed by atoms with E-state index < -0.39 is 11.7 Å². The highest BCUT2D eigenvalue weighted by molar-refractivity contribution is 6.00. The molecule has 0 spiro atoms. The van der Waals surface area contributed by atoms with E-state index in [4.69, 9.17) is 10.5 Å². The number of ether oxygens (including phenoxy) is 1. The summed E-state index contributed by atoms with van der Waals surface area (Å²) >= 11 is 0. The van der Waals surface area contributed by atoms with E-state index >= 15 is 0 Å². The summed E-state index contributed by atoms with van der Waals surface area (Å²) in [4.78, 5) is 23.2. The zero-order valence-electron chi connectivity index (χ0n) is 10.5. The number of urea groups is 1. The van der Waals surface area contributed by atoms with Crippen molar-refractivity contribution in [2.75, 3.05) is 6.61 Å². The predicted molar refractivity (Wildman–Crippen MR) is 69.3 cm³/mol. The number of benzene rings is 1. The van der Waals surface area contributed by atoms with Gasteiger partial charge in [-0.25, -0.2) is 4.79 Å². The molecule has 0 saturated heterocycles. The van der Waals surface area contributed by atoms with Gasteiger partial charge in [-0.2, -0.15) is 0 Å². The highest BCUT2D eigenvalue weighted by atomic mass is 16.5. The number of carbonyl (C=O) groups excluding carboxylic acids is 2. The average Bonchev–Trinajstić information content (AvgIpc) is 2.36. The summed E-state index contributed by atoms with van der Waals surface area (Å²) in [5.41, 5.74) is 4.94. The van der Waals surface area contributed by atoms with Crippen LogP contribution in [0.3, 0.4) is 0 Å². The molecule has 0 fully saturated rings. The molecular weight excluding hydrogens is 246 g/mol. The fourth-order valence-corrected chi connectivity index (χ4v) is 1.74. The van der Waals surface area contributed by atoms with Gasteiger partial charge < -0.3 is 21.1 Å². The summed E-state index contributed by atoms with van der Waals surface area (Å²) in [6, 6.07) is 8.55. The van der Waals surface area contributed by atoms with Crippen LogP contribution in [0.15, 0.2) is 42.1 Å². The normalized spacial score (nSPS) is 22.0. The van der Waals surface area contributed by atoms with Crippen LogP contribution in [0.1, 0.15) is 6.92 Å². The molecule has 2 rings (SSSR count). The van der Waals surface area contributed by atoms with E-state index in [1.807, 2.05) is 18.2 Å². The number of Topliss-reactive ketones (excluding diaryl/α,β-unsaturated/α-hetero) is 1. The van der Waals surface area contributed by atoms with Gasteiger partial charge in [-0.05, 0) is 19.1 Å². The molecule has 1 unspecified atom stereocenters. The molecule has 0 saturated carbocycles.